The van der Waals surface area contributed by atoms with Gasteiger partial charge in [-0.05, 0) is 20.8 Å². The van der Waals surface area contributed by atoms with Crippen LogP contribution in [0.3, 0.4) is 0 Å². The van der Waals surface area contributed by atoms with Gasteiger partial charge in [-0.3, -0.25) is 4.79 Å². The van der Waals surface area contributed by atoms with Crippen LogP contribution in [0.4, 0.5) is 0 Å². The summed E-state index contributed by atoms with van der Waals surface area (Å²) in [5.74, 6) is 0.542. The molecule has 0 spiro atoms. The van der Waals surface area contributed by atoms with Gasteiger partial charge in [0.25, 0.3) is 0 Å². The molecular weight excluding hydrogens is 138 g/mol. The molecule has 2 unspecified atom stereocenters. The molecule has 1 aliphatic heterocycles. The van der Waals surface area contributed by atoms with E-state index in [0.717, 1.165) is 0 Å². The van der Waals surface area contributed by atoms with Crippen molar-refractivity contribution in [3.8, 4) is 0 Å². The molecule has 0 aromatic carbocycles. The Kier molecular flexibility index (Phi) is 2.06. The Morgan fingerprint density at radius 3 is 2.45 bits per heavy atom. The maximum absolute atomic E-state index is 11.4. The van der Waals surface area contributed by atoms with Gasteiger partial charge < -0.3 is 5.32 Å². The molecule has 0 aliphatic carbocycles. The van der Waals surface area contributed by atoms with E-state index in [2.05, 4.69) is 26.1 Å². The summed E-state index contributed by atoms with van der Waals surface area (Å²) >= 11 is 0. The third-order valence-electron chi connectivity index (χ3n) is 2.69. The summed E-state index contributed by atoms with van der Waals surface area (Å²) < 4.78 is 0. The number of nitrogens with one attached hydrogen (secondary N) is 1. The lowest BCUT2D eigenvalue weighted by atomic mass is 9.79. The molecule has 2 nitrogen and oxygen atoms in total. The quantitative estimate of drug-likeness (QED) is 0.572. The minimum atomic E-state index is -0.0191. The summed E-state index contributed by atoms with van der Waals surface area (Å²) in [4.78, 5) is 11.4. The highest BCUT2D eigenvalue weighted by atomic mass is 16.1. The Morgan fingerprint density at radius 2 is 2.00 bits per heavy atom. The van der Waals surface area contributed by atoms with Gasteiger partial charge in [0, 0.05) is 23.9 Å². The first-order valence-electron chi connectivity index (χ1n) is 4.24. The molecule has 2 atom stereocenters. The summed E-state index contributed by atoms with van der Waals surface area (Å²) in [5.41, 5.74) is -0.0191. The molecule has 0 bridgehead atoms. The van der Waals surface area contributed by atoms with Gasteiger partial charge in [-0.25, -0.2) is 0 Å². The van der Waals surface area contributed by atoms with Crippen molar-refractivity contribution in [1.82, 2.24) is 5.32 Å². The lowest BCUT2D eigenvalue weighted by Gasteiger charge is -2.39. The molecule has 0 aromatic rings. The average molecular weight is 155 g/mol. The van der Waals surface area contributed by atoms with Gasteiger partial charge in [0.05, 0.1) is 0 Å². The SMILES string of the molecule is CC1CC(=O)C(C)C(C)(C)N1. The number of ketones is 1. The van der Waals surface area contributed by atoms with Crippen LogP contribution < -0.4 is 5.32 Å². The van der Waals surface area contributed by atoms with Crippen LogP contribution in [0.5, 0.6) is 0 Å². The molecule has 64 valence electrons. The standard InChI is InChI=1S/C9H17NO/c1-6-5-8(11)7(2)9(3,4)10-6/h6-7,10H,5H2,1-4H3. The van der Waals surface area contributed by atoms with Crippen molar-refractivity contribution in [3.05, 3.63) is 0 Å². The Labute approximate surface area is 68.4 Å². The number of hydrogen-bond acceptors (Lipinski definition) is 2. The summed E-state index contributed by atoms with van der Waals surface area (Å²) in [7, 11) is 0. The fourth-order valence-electron chi connectivity index (χ4n) is 1.69. The molecule has 1 heterocycles. The van der Waals surface area contributed by atoms with E-state index in [1.165, 1.54) is 0 Å². The third kappa shape index (κ3) is 1.62. The second-order valence-electron chi connectivity index (χ2n) is 4.16. The first-order valence-corrected chi connectivity index (χ1v) is 4.24. The van der Waals surface area contributed by atoms with Crippen molar-refractivity contribution >= 4 is 5.78 Å². The molecule has 11 heavy (non-hydrogen) atoms. The zero-order valence-corrected chi connectivity index (χ0v) is 7.77. The summed E-state index contributed by atoms with van der Waals surface area (Å²) in [6.45, 7) is 8.24. The van der Waals surface area contributed by atoms with Crippen LogP contribution in [0.2, 0.25) is 0 Å². The van der Waals surface area contributed by atoms with Gasteiger partial charge in [0.1, 0.15) is 5.78 Å². The van der Waals surface area contributed by atoms with Gasteiger partial charge in [-0.1, -0.05) is 6.92 Å². The van der Waals surface area contributed by atoms with Crippen molar-refractivity contribution in [3.63, 3.8) is 0 Å². The lowest BCUT2D eigenvalue weighted by Crippen LogP contribution is -2.56. The average Bonchev–Trinajstić information content (AvgIpc) is 1.81. The molecule has 2 heteroatoms. The van der Waals surface area contributed by atoms with Crippen molar-refractivity contribution < 1.29 is 4.79 Å². The smallest absolute Gasteiger partial charge is 0.139 e. The fraction of sp³-hybridized carbons (Fsp3) is 0.889. The van der Waals surface area contributed by atoms with Gasteiger partial charge >= 0.3 is 0 Å². The van der Waals surface area contributed by atoms with Crippen LogP contribution in [0.1, 0.15) is 34.1 Å². The Balaban J connectivity index is 2.75. The minimum absolute atomic E-state index is 0.0191. The molecule has 1 rings (SSSR count). The second-order valence-corrected chi connectivity index (χ2v) is 4.16. The van der Waals surface area contributed by atoms with E-state index in [1.807, 2.05) is 6.92 Å². The highest BCUT2D eigenvalue weighted by molar-refractivity contribution is 5.83. The van der Waals surface area contributed by atoms with E-state index in [1.54, 1.807) is 0 Å². The molecule has 1 saturated heterocycles. The number of rotatable bonds is 0. The fourth-order valence-corrected chi connectivity index (χ4v) is 1.69. The van der Waals surface area contributed by atoms with Crippen LogP contribution in [-0.4, -0.2) is 17.4 Å². The highest BCUT2D eigenvalue weighted by Gasteiger charge is 2.36. The molecular formula is C9H17NO. The Hall–Kier alpha value is -0.370. The topological polar surface area (TPSA) is 29.1 Å². The number of Topliss-reactive ketones (excluding diaryl/α,β-unsaturated/α-hetero) is 1. The maximum Gasteiger partial charge on any atom is 0.139 e. The molecule has 1 aliphatic rings. The van der Waals surface area contributed by atoms with E-state index < -0.39 is 0 Å². The predicted molar refractivity (Wildman–Crippen MR) is 45.5 cm³/mol. The number of carbonyl (C=O) groups excluding carboxylic acids is 1. The zero-order chi connectivity index (χ0) is 8.65. The number of piperidine rings is 1. The van der Waals surface area contributed by atoms with Crippen LogP contribution in [0.15, 0.2) is 0 Å². The van der Waals surface area contributed by atoms with Crippen LogP contribution in [-0.2, 0) is 4.79 Å². The summed E-state index contributed by atoms with van der Waals surface area (Å²) in [6, 6.07) is 0.341. The Bertz CT molecular complexity index is 174. The van der Waals surface area contributed by atoms with Gasteiger partial charge in [0.15, 0.2) is 0 Å². The van der Waals surface area contributed by atoms with Crippen LogP contribution in [0, 0.1) is 5.92 Å². The van der Waals surface area contributed by atoms with E-state index >= 15 is 0 Å². The summed E-state index contributed by atoms with van der Waals surface area (Å²) in [5, 5.41) is 3.41. The van der Waals surface area contributed by atoms with Gasteiger partial charge in [-0.2, -0.15) is 0 Å². The van der Waals surface area contributed by atoms with Crippen molar-refractivity contribution in [2.24, 2.45) is 5.92 Å². The maximum atomic E-state index is 11.4. The van der Waals surface area contributed by atoms with Crippen molar-refractivity contribution in [2.45, 2.75) is 45.7 Å². The molecule has 0 aromatic heterocycles. The first-order chi connectivity index (χ1) is 4.93. The third-order valence-corrected chi connectivity index (χ3v) is 2.69. The van der Waals surface area contributed by atoms with Crippen molar-refractivity contribution in [1.29, 1.82) is 0 Å². The highest BCUT2D eigenvalue weighted by Crippen LogP contribution is 2.24. The minimum Gasteiger partial charge on any atom is -0.308 e. The molecule has 0 amide bonds. The van der Waals surface area contributed by atoms with Gasteiger partial charge in [0.2, 0.25) is 0 Å². The number of hydrogen-bond donors (Lipinski definition) is 1. The van der Waals surface area contributed by atoms with E-state index in [4.69, 9.17) is 0 Å². The van der Waals surface area contributed by atoms with E-state index in [-0.39, 0.29) is 11.5 Å². The lowest BCUT2D eigenvalue weighted by molar-refractivity contribution is -0.127. The second kappa shape index (κ2) is 2.59. The first kappa shape index (κ1) is 8.72. The van der Waals surface area contributed by atoms with Crippen molar-refractivity contribution in [2.75, 3.05) is 0 Å². The van der Waals surface area contributed by atoms with Crippen LogP contribution in [0.25, 0.3) is 0 Å². The molecule has 0 saturated carbocycles. The molecule has 1 fully saturated rings. The Morgan fingerprint density at radius 1 is 1.45 bits per heavy atom. The normalized spacial score (nSPS) is 37.3. The summed E-state index contributed by atoms with van der Waals surface area (Å²) in [6.07, 6.45) is 0.685. The zero-order valence-electron chi connectivity index (χ0n) is 7.77. The van der Waals surface area contributed by atoms with Crippen LogP contribution >= 0.6 is 0 Å². The molecule has 1 N–H and O–H groups in total. The predicted octanol–water partition coefficient (Wildman–Crippen LogP) is 1.35. The monoisotopic (exact) mass is 155 g/mol. The van der Waals surface area contributed by atoms with E-state index in [0.29, 0.717) is 18.2 Å². The van der Waals surface area contributed by atoms with E-state index in [9.17, 15) is 4.79 Å². The van der Waals surface area contributed by atoms with Gasteiger partial charge in [-0.15, -0.1) is 0 Å². The largest absolute Gasteiger partial charge is 0.308 e. The molecule has 0 radical (unpaired) electrons. The number of carbonyl (C=O) groups is 1.